The number of halogens is 1. The highest BCUT2D eigenvalue weighted by Crippen LogP contribution is 2.15. The van der Waals surface area contributed by atoms with Crippen LogP contribution in [-0.4, -0.2) is 16.1 Å². The molecule has 1 aromatic carbocycles. The summed E-state index contributed by atoms with van der Waals surface area (Å²) in [6, 6.07) is 7.24. The number of carbonyl (C=O) groups is 1. The largest absolute Gasteiger partial charge is 0.399 e. The van der Waals surface area contributed by atoms with Crippen LogP contribution in [0.5, 0.6) is 0 Å². The SMILES string of the molecule is CCc1nnc(NC(=O)Cc2ccc(N)cc2)s1.Cl. The number of hydrogen-bond acceptors (Lipinski definition) is 5. The fourth-order valence-corrected chi connectivity index (χ4v) is 2.13. The number of carbonyl (C=O) groups excluding carboxylic acids is 1. The summed E-state index contributed by atoms with van der Waals surface area (Å²) in [4.78, 5) is 11.8. The number of rotatable bonds is 4. The Balaban J connectivity index is 0.00000180. The van der Waals surface area contributed by atoms with Gasteiger partial charge in [0.25, 0.3) is 0 Å². The molecule has 0 radical (unpaired) electrons. The van der Waals surface area contributed by atoms with E-state index in [1.165, 1.54) is 11.3 Å². The summed E-state index contributed by atoms with van der Waals surface area (Å²) >= 11 is 1.40. The van der Waals surface area contributed by atoms with E-state index in [2.05, 4.69) is 15.5 Å². The molecular formula is C12H15ClN4OS. The summed E-state index contributed by atoms with van der Waals surface area (Å²) in [6.45, 7) is 2.00. The van der Waals surface area contributed by atoms with Crippen LogP contribution in [0.15, 0.2) is 24.3 Å². The lowest BCUT2D eigenvalue weighted by Gasteiger charge is -2.01. The molecule has 0 aliphatic heterocycles. The van der Waals surface area contributed by atoms with Gasteiger partial charge in [-0.15, -0.1) is 22.6 Å². The summed E-state index contributed by atoms with van der Waals surface area (Å²) in [7, 11) is 0. The molecule has 0 spiro atoms. The molecule has 2 aromatic rings. The van der Waals surface area contributed by atoms with Gasteiger partial charge in [0.2, 0.25) is 11.0 Å². The Labute approximate surface area is 121 Å². The molecule has 0 unspecified atom stereocenters. The van der Waals surface area contributed by atoms with Crippen molar-refractivity contribution in [3.05, 3.63) is 34.8 Å². The van der Waals surface area contributed by atoms with Gasteiger partial charge in [0.1, 0.15) is 5.01 Å². The Morgan fingerprint density at radius 2 is 2.00 bits per heavy atom. The lowest BCUT2D eigenvalue weighted by Crippen LogP contribution is -2.14. The first-order chi connectivity index (χ1) is 8.67. The smallest absolute Gasteiger partial charge is 0.230 e. The van der Waals surface area contributed by atoms with Gasteiger partial charge in [-0.3, -0.25) is 4.79 Å². The van der Waals surface area contributed by atoms with Crippen molar-refractivity contribution in [3.63, 3.8) is 0 Å². The minimum atomic E-state index is -0.0985. The molecule has 7 heteroatoms. The van der Waals surface area contributed by atoms with E-state index in [1.54, 1.807) is 12.1 Å². The molecule has 1 aromatic heterocycles. The zero-order valence-electron chi connectivity index (χ0n) is 10.4. The Bertz CT molecular complexity index is 541. The Morgan fingerprint density at radius 1 is 1.32 bits per heavy atom. The number of anilines is 2. The molecule has 102 valence electrons. The highest BCUT2D eigenvalue weighted by Gasteiger charge is 2.08. The zero-order chi connectivity index (χ0) is 13.0. The van der Waals surface area contributed by atoms with Crippen LogP contribution in [0.1, 0.15) is 17.5 Å². The van der Waals surface area contributed by atoms with Crippen LogP contribution in [0.2, 0.25) is 0 Å². The summed E-state index contributed by atoms with van der Waals surface area (Å²) in [5.41, 5.74) is 7.19. The predicted molar refractivity (Wildman–Crippen MR) is 79.7 cm³/mol. The number of nitrogens with two attached hydrogens (primary N) is 1. The summed E-state index contributed by atoms with van der Waals surface area (Å²) in [5, 5.41) is 12.0. The average molecular weight is 299 g/mol. The standard InChI is InChI=1S/C12H14N4OS.ClH/c1-2-11-15-16-12(18-11)14-10(17)7-8-3-5-9(13)6-4-8;/h3-6H,2,7,13H2,1H3,(H,14,16,17);1H. The normalized spacial score (nSPS) is 9.74. The van der Waals surface area contributed by atoms with Crippen LogP contribution in [0, 0.1) is 0 Å². The van der Waals surface area contributed by atoms with Crippen LogP contribution in [0.3, 0.4) is 0 Å². The molecule has 5 nitrogen and oxygen atoms in total. The first-order valence-corrected chi connectivity index (χ1v) is 6.45. The second-order valence-electron chi connectivity index (χ2n) is 3.82. The fourth-order valence-electron chi connectivity index (χ4n) is 1.43. The molecule has 0 aliphatic carbocycles. The molecule has 19 heavy (non-hydrogen) atoms. The average Bonchev–Trinajstić information content (AvgIpc) is 2.79. The minimum Gasteiger partial charge on any atom is -0.399 e. The van der Waals surface area contributed by atoms with Crippen molar-refractivity contribution in [2.75, 3.05) is 11.1 Å². The number of aryl methyl sites for hydroxylation is 1. The third-order valence-electron chi connectivity index (χ3n) is 2.36. The van der Waals surface area contributed by atoms with Gasteiger partial charge in [0.05, 0.1) is 6.42 Å². The van der Waals surface area contributed by atoms with E-state index in [9.17, 15) is 4.79 Å². The number of nitrogen functional groups attached to an aromatic ring is 1. The minimum absolute atomic E-state index is 0. The van der Waals surface area contributed by atoms with Crippen molar-refractivity contribution in [1.29, 1.82) is 0 Å². The number of amides is 1. The van der Waals surface area contributed by atoms with E-state index in [4.69, 9.17) is 5.73 Å². The highest BCUT2D eigenvalue weighted by molar-refractivity contribution is 7.15. The van der Waals surface area contributed by atoms with E-state index in [-0.39, 0.29) is 18.3 Å². The molecule has 1 amide bonds. The maximum atomic E-state index is 11.8. The second-order valence-corrected chi connectivity index (χ2v) is 4.88. The number of nitrogens with one attached hydrogen (secondary N) is 1. The fraction of sp³-hybridized carbons (Fsp3) is 0.250. The van der Waals surface area contributed by atoms with Crippen molar-refractivity contribution in [1.82, 2.24) is 10.2 Å². The summed E-state index contributed by atoms with van der Waals surface area (Å²) in [5.74, 6) is -0.0985. The molecule has 0 atom stereocenters. The number of benzene rings is 1. The topological polar surface area (TPSA) is 80.9 Å². The third kappa shape index (κ3) is 4.50. The van der Waals surface area contributed by atoms with Gasteiger partial charge in [0.15, 0.2) is 0 Å². The molecule has 0 bridgehead atoms. The first-order valence-electron chi connectivity index (χ1n) is 5.64. The van der Waals surface area contributed by atoms with E-state index in [1.807, 2.05) is 19.1 Å². The van der Waals surface area contributed by atoms with E-state index in [0.29, 0.717) is 17.2 Å². The van der Waals surface area contributed by atoms with Gasteiger partial charge >= 0.3 is 0 Å². The molecule has 0 saturated heterocycles. The lowest BCUT2D eigenvalue weighted by molar-refractivity contribution is -0.115. The third-order valence-corrected chi connectivity index (χ3v) is 3.34. The summed E-state index contributed by atoms with van der Waals surface area (Å²) in [6.07, 6.45) is 1.13. The van der Waals surface area contributed by atoms with Crippen LogP contribution in [0.4, 0.5) is 10.8 Å². The Morgan fingerprint density at radius 3 is 2.58 bits per heavy atom. The molecule has 0 aliphatic rings. The first kappa shape index (κ1) is 15.4. The van der Waals surface area contributed by atoms with Gasteiger partial charge < -0.3 is 11.1 Å². The summed E-state index contributed by atoms with van der Waals surface area (Å²) < 4.78 is 0. The maximum absolute atomic E-state index is 11.8. The molecule has 2 rings (SSSR count). The van der Waals surface area contributed by atoms with Crippen molar-refractivity contribution in [2.45, 2.75) is 19.8 Å². The Hall–Kier alpha value is -1.66. The van der Waals surface area contributed by atoms with E-state index in [0.717, 1.165) is 17.0 Å². The molecule has 1 heterocycles. The molecule has 0 saturated carbocycles. The zero-order valence-corrected chi connectivity index (χ0v) is 12.1. The highest BCUT2D eigenvalue weighted by atomic mass is 35.5. The number of aromatic nitrogens is 2. The van der Waals surface area contributed by atoms with Crippen LogP contribution in [0.25, 0.3) is 0 Å². The van der Waals surface area contributed by atoms with Crippen LogP contribution < -0.4 is 11.1 Å². The van der Waals surface area contributed by atoms with Gasteiger partial charge in [-0.05, 0) is 24.1 Å². The van der Waals surface area contributed by atoms with E-state index < -0.39 is 0 Å². The molecular weight excluding hydrogens is 284 g/mol. The molecule has 3 N–H and O–H groups in total. The van der Waals surface area contributed by atoms with Crippen LogP contribution >= 0.6 is 23.7 Å². The molecule has 0 fully saturated rings. The maximum Gasteiger partial charge on any atom is 0.230 e. The second kappa shape index (κ2) is 7.06. The van der Waals surface area contributed by atoms with Gasteiger partial charge in [-0.1, -0.05) is 30.4 Å². The van der Waals surface area contributed by atoms with E-state index >= 15 is 0 Å². The van der Waals surface area contributed by atoms with Crippen LogP contribution in [-0.2, 0) is 17.6 Å². The lowest BCUT2D eigenvalue weighted by atomic mass is 10.1. The van der Waals surface area contributed by atoms with Crippen molar-refractivity contribution < 1.29 is 4.79 Å². The van der Waals surface area contributed by atoms with Crippen molar-refractivity contribution in [3.8, 4) is 0 Å². The monoisotopic (exact) mass is 298 g/mol. The van der Waals surface area contributed by atoms with Gasteiger partial charge in [-0.2, -0.15) is 0 Å². The van der Waals surface area contributed by atoms with Gasteiger partial charge in [0, 0.05) is 5.69 Å². The number of hydrogen-bond donors (Lipinski definition) is 2. The predicted octanol–water partition coefficient (Wildman–Crippen LogP) is 2.29. The van der Waals surface area contributed by atoms with Gasteiger partial charge in [-0.25, -0.2) is 0 Å². The Kier molecular flexibility index (Phi) is 5.72. The van der Waals surface area contributed by atoms with Crippen molar-refractivity contribution in [2.24, 2.45) is 0 Å². The number of nitrogens with zero attached hydrogens (tertiary/aromatic N) is 2. The van der Waals surface area contributed by atoms with Crippen molar-refractivity contribution >= 4 is 40.5 Å². The quantitative estimate of drug-likeness (QED) is 0.849.